The topological polar surface area (TPSA) is 90.0 Å². The number of anilines is 2. The zero-order valence-electron chi connectivity index (χ0n) is 13.9. The van der Waals surface area contributed by atoms with E-state index < -0.39 is 0 Å². The first kappa shape index (κ1) is 15.4. The molecule has 7 nitrogen and oxygen atoms in total. The zero-order valence-corrected chi connectivity index (χ0v) is 14.7. The Labute approximate surface area is 153 Å². The van der Waals surface area contributed by atoms with Gasteiger partial charge < -0.3 is 15.4 Å². The minimum Gasteiger partial charge on any atom is -0.378 e. The van der Waals surface area contributed by atoms with E-state index in [4.69, 9.17) is 15.5 Å². The first-order chi connectivity index (χ1) is 12.8. The molecule has 1 aliphatic heterocycles. The van der Waals surface area contributed by atoms with Crippen LogP contribution in [0, 0.1) is 0 Å². The largest absolute Gasteiger partial charge is 0.378 e. The molecule has 0 bridgehead atoms. The first-order valence-electron chi connectivity index (χ1n) is 8.39. The van der Waals surface area contributed by atoms with Gasteiger partial charge in [-0.05, 0) is 6.07 Å². The SMILES string of the molecule is Nc1nc(N2CCOCC2)c2nc(-c3csc4ccccc34)cnc2n1. The van der Waals surface area contributed by atoms with Gasteiger partial charge in [0, 0.05) is 34.1 Å². The van der Waals surface area contributed by atoms with Crippen molar-refractivity contribution in [2.24, 2.45) is 0 Å². The molecular weight excluding hydrogens is 348 g/mol. The van der Waals surface area contributed by atoms with Crippen LogP contribution in [0.2, 0.25) is 0 Å². The second-order valence-corrected chi connectivity index (χ2v) is 6.99. The lowest BCUT2D eigenvalue weighted by molar-refractivity contribution is 0.122. The summed E-state index contributed by atoms with van der Waals surface area (Å²) in [4.78, 5) is 20.2. The number of thiophene rings is 1. The molecule has 4 aromatic rings. The lowest BCUT2D eigenvalue weighted by atomic mass is 10.1. The van der Waals surface area contributed by atoms with Crippen LogP contribution in [0.5, 0.6) is 0 Å². The third-order valence-corrected chi connectivity index (χ3v) is 5.44. The molecule has 0 aliphatic carbocycles. The molecule has 8 heteroatoms. The van der Waals surface area contributed by atoms with Crippen molar-refractivity contribution in [1.82, 2.24) is 19.9 Å². The molecule has 3 aromatic heterocycles. The first-order valence-corrected chi connectivity index (χ1v) is 9.27. The molecule has 0 radical (unpaired) electrons. The number of morpholine rings is 1. The van der Waals surface area contributed by atoms with E-state index in [9.17, 15) is 0 Å². The minimum absolute atomic E-state index is 0.210. The van der Waals surface area contributed by atoms with Gasteiger partial charge in [-0.25, -0.2) is 9.97 Å². The molecule has 4 heterocycles. The maximum Gasteiger partial charge on any atom is 0.224 e. The lowest BCUT2D eigenvalue weighted by Gasteiger charge is -2.28. The van der Waals surface area contributed by atoms with Crippen molar-refractivity contribution in [3.8, 4) is 11.3 Å². The second-order valence-electron chi connectivity index (χ2n) is 6.08. The van der Waals surface area contributed by atoms with Crippen LogP contribution in [0.15, 0.2) is 35.8 Å². The number of hydrogen-bond acceptors (Lipinski definition) is 8. The summed E-state index contributed by atoms with van der Waals surface area (Å²) in [5.74, 6) is 0.937. The molecule has 0 atom stereocenters. The smallest absolute Gasteiger partial charge is 0.224 e. The van der Waals surface area contributed by atoms with Crippen molar-refractivity contribution in [3.63, 3.8) is 0 Å². The fourth-order valence-corrected chi connectivity index (χ4v) is 4.17. The summed E-state index contributed by atoms with van der Waals surface area (Å²) in [6.45, 7) is 2.82. The maximum atomic E-state index is 5.89. The maximum absolute atomic E-state index is 5.89. The van der Waals surface area contributed by atoms with Crippen LogP contribution in [0.3, 0.4) is 0 Å². The van der Waals surface area contributed by atoms with Crippen molar-refractivity contribution in [3.05, 3.63) is 35.8 Å². The summed E-state index contributed by atoms with van der Waals surface area (Å²) in [5, 5.41) is 3.29. The van der Waals surface area contributed by atoms with E-state index in [0.717, 1.165) is 30.2 Å². The fraction of sp³-hybridized carbons (Fsp3) is 0.222. The van der Waals surface area contributed by atoms with E-state index in [1.165, 1.54) is 10.1 Å². The molecule has 2 N–H and O–H groups in total. The van der Waals surface area contributed by atoms with Crippen LogP contribution in [-0.2, 0) is 4.74 Å². The Balaban J connectivity index is 1.70. The van der Waals surface area contributed by atoms with E-state index in [0.29, 0.717) is 24.4 Å². The van der Waals surface area contributed by atoms with Gasteiger partial charge in [0.15, 0.2) is 17.0 Å². The molecule has 0 spiro atoms. The van der Waals surface area contributed by atoms with Gasteiger partial charge in [-0.15, -0.1) is 11.3 Å². The molecule has 1 saturated heterocycles. The molecule has 1 aromatic carbocycles. The Morgan fingerprint density at radius 2 is 1.92 bits per heavy atom. The highest BCUT2D eigenvalue weighted by Crippen LogP contribution is 2.34. The van der Waals surface area contributed by atoms with Crippen LogP contribution < -0.4 is 10.6 Å². The molecule has 0 saturated carbocycles. The second kappa shape index (κ2) is 6.15. The summed E-state index contributed by atoms with van der Waals surface area (Å²) in [6.07, 6.45) is 1.76. The summed E-state index contributed by atoms with van der Waals surface area (Å²) in [7, 11) is 0. The number of ether oxygens (including phenoxy) is 1. The van der Waals surface area contributed by atoms with Gasteiger partial charge in [0.1, 0.15) is 0 Å². The number of fused-ring (bicyclic) bond motifs is 2. The van der Waals surface area contributed by atoms with Crippen molar-refractivity contribution in [2.75, 3.05) is 36.9 Å². The molecule has 26 heavy (non-hydrogen) atoms. The summed E-state index contributed by atoms with van der Waals surface area (Å²) < 4.78 is 6.67. The van der Waals surface area contributed by atoms with Crippen LogP contribution in [-0.4, -0.2) is 46.2 Å². The van der Waals surface area contributed by atoms with Crippen molar-refractivity contribution >= 4 is 44.4 Å². The average molecular weight is 364 g/mol. The number of rotatable bonds is 2. The van der Waals surface area contributed by atoms with Crippen molar-refractivity contribution in [2.45, 2.75) is 0 Å². The third-order valence-electron chi connectivity index (χ3n) is 4.47. The van der Waals surface area contributed by atoms with Gasteiger partial charge in [-0.1, -0.05) is 18.2 Å². The lowest BCUT2D eigenvalue weighted by Crippen LogP contribution is -2.37. The highest BCUT2D eigenvalue weighted by Gasteiger charge is 2.19. The highest BCUT2D eigenvalue weighted by atomic mass is 32.1. The highest BCUT2D eigenvalue weighted by molar-refractivity contribution is 7.17. The summed E-state index contributed by atoms with van der Waals surface area (Å²) >= 11 is 1.70. The Morgan fingerprint density at radius 1 is 1.08 bits per heavy atom. The summed E-state index contributed by atoms with van der Waals surface area (Å²) in [5.41, 5.74) is 8.97. The molecule has 0 unspecified atom stereocenters. The molecule has 1 fully saturated rings. The number of hydrogen-bond donors (Lipinski definition) is 1. The van der Waals surface area contributed by atoms with Crippen LogP contribution in [0.1, 0.15) is 0 Å². The van der Waals surface area contributed by atoms with Gasteiger partial charge in [-0.3, -0.25) is 0 Å². The van der Waals surface area contributed by atoms with E-state index in [1.54, 1.807) is 17.5 Å². The van der Waals surface area contributed by atoms with E-state index in [1.807, 2.05) is 12.1 Å². The number of benzene rings is 1. The monoisotopic (exact) mass is 364 g/mol. The van der Waals surface area contributed by atoms with E-state index in [2.05, 4.69) is 37.4 Å². The Hall–Kier alpha value is -2.84. The third kappa shape index (κ3) is 2.54. The van der Waals surface area contributed by atoms with Crippen LogP contribution in [0.4, 0.5) is 11.8 Å². The van der Waals surface area contributed by atoms with Gasteiger partial charge >= 0.3 is 0 Å². The number of nitrogen functional groups attached to an aromatic ring is 1. The predicted molar refractivity (Wildman–Crippen MR) is 103 cm³/mol. The molecule has 5 rings (SSSR count). The number of nitrogens with two attached hydrogens (primary N) is 1. The Kier molecular flexibility index (Phi) is 3.65. The number of nitrogens with zero attached hydrogens (tertiary/aromatic N) is 5. The normalized spacial score (nSPS) is 15.0. The average Bonchev–Trinajstić information content (AvgIpc) is 3.12. The van der Waals surface area contributed by atoms with Gasteiger partial charge in [0.05, 0.1) is 25.1 Å². The van der Waals surface area contributed by atoms with E-state index in [-0.39, 0.29) is 5.95 Å². The molecule has 130 valence electrons. The Morgan fingerprint density at radius 3 is 2.81 bits per heavy atom. The zero-order chi connectivity index (χ0) is 17.5. The predicted octanol–water partition coefficient (Wildman–Crippen LogP) is 2.72. The Bertz CT molecular complexity index is 1110. The van der Waals surface area contributed by atoms with Crippen molar-refractivity contribution < 1.29 is 4.74 Å². The van der Waals surface area contributed by atoms with Gasteiger partial charge in [0.2, 0.25) is 5.95 Å². The minimum atomic E-state index is 0.210. The standard InChI is InChI=1S/C18H16N6OS/c19-18-22-16-15(17(23-18)24-5-7-25-8-6-24)21-13(9-20-16)12-10-26-14-4-2-1-3-11(12)14/h1-4,9-10H,5-8H2,(H2,19,20,22,23). The molecule has 1 aliphatic rings. The van der Waals surface area contributed by atoms with Gasteiger partial charge in [-0.2, -0.15) is 9.97 Å². The molecular formula is C18H16N6OS. The fourth-order valence-electron chi connectivity index (χ4n) is 3.21. The van der Waals surface area contributed by atoms with Crippen LogP contribution in [0.25, 0.3) is 32.5 Å². The number of aromatic nitrogens is 4. The van der Waals surface area contributed by atoms with E-state index >= 15 is 0 Å². The van der Waals surface area contributed by atoms with Crippen LogP contribution >= 0.6 is 11.3 Å². The molecule has 0 amide bonds. The quantitative estimate of drug-likeness (QED) is 0.585. The summed E-state index contributed by atoms with van der Waals surface area (Å²) in [6, 6.07) is 8.30. The van der Waals surface area contributed by atoms with Gasteiger partial charge in [0.25, 0.3) is 0 Å². The van der Waals surface area contributed by atoms with Crippen molar-refractivity contribution in [1.29, 1.82) is 0 Å².